The Labute approximate surface area is 291 Å². The molecule has 0 spiro atoms. The summed E-state index contributed by atoms with van der Waals surface area (Å²) in [5, 5.41) is 10.8. The summed E-state index contributed by atoms with van der Waals surface area (Å²) in [5.41, 5.74) is 8.42. The third-order valence-corrected chi connectivity index (χ3v) is 11.2. The predicted octanol–water partition coefficient (Wildman–Crippen LogP) is 12.7. The number of rotatable bonds is 3. The van der Waals surface area contributed by atoms with E-state index in [1.807, 2.05) is 0 Å². The summed E-state index contributed by atoms with van der Waals surface area (Å²) in [7, 11) is 0. The molecule has 0 N–H and O–H groups in total. The van der Waals surface area contributed by atoms with Crippen LogP contribution in [0.15, 0.2) is 164 Å². The minimum atomic E-state index is 0.896. The third-order valence-electron chi connectivity index (χ3n) is 10.2. The van der Waals surface area contributed by atoms with Gasteiger partial charge in [-0.05, 0) is 69.4 Å². The van der Waals surface area contributed by atoms with Crippen LogP contribution in [0.25, 0.3) is 103 Å². The van der Waals surface area contributed by atoms with E-state index < -0.39 is 0 Å². The maximum atomic E-state index is 5.51. The number of hydrogen-bond acceptors (Lipinski definition) is 3. The van der Waals surface area contributed by atoms with Gasteiger partial charge in [0.15, 0.2) is 0 Å². The van der Waals surface area contributed by atoms with Crippen LogP contribution in [0.3, 0.4) is 0 Å². The lowest BCUT2D eigenvalue weighted by Crippen LogP contribution is -1.99. The van der Waals surface area contributed by atoms with Crippen LogP contribution in [-0.4, -0.2) is 14.5 Å². The quantitative estimate of drug-likeness (QED) is 0.190. The van der Waals surface area contributed by atoms with Crippen molar-refractivity contribution in [1.29, 1.82) is 0 Å². The first kappa shape index (κ1) is 27.6. The highest BCUT2D eigenvalue weighted by molar-refractivity contribution is 7.25. The van der Waals surface area contributed by atoms with Gasteiger partial charge in [0.1, 0.15) is 10.3 Å². The molecule has 0 bridgehead atoms. The molecule has 0 radical (unpaired) electrons. The summed E-state index contributed by atoms with van der Waals surface area (Å²) >= 11 is 1.71. The molecule has 3 aromatic heterocycles. The standard InChI is InChI=1S/C46H27N3S/c1-2-12-29-25-32(22-21-28(29)11-1)43-44(47-45-37-18-8-10-20-42(37)50-46(45)48-43)36-23-24-40(34-16-6-5-15-33(34)36)49-39-19-9-7-17-35(39)38-26-30-13-3-4-14-31(30)27-41(38)49/h1-27H. The summed E-state index contributed by atoms with van der Waals surface area (Å²) in [6.07, 6.45) is 0. The second-order valence-electron chi connectivity index (χ2n) is 13.0. The van der Waals surface area contributed by atoms with Gasteiger partial charge in [0.05, 0.1) is 28.1 Å². The molecule has 0 fully saturated rings. The fourth-order valence-electron chi connectivity index (χ4n) is 7.85. The third kappa shape index (κ3) is 4.03. The van der Waals surface area contributed by atoms with Crippen LogP contribution < -0.4 is 0 Å². The lowest BCUT2D eigenvalue weighted by atomic mass is 9.96. The van der Waals surface area contributed by atoms with E-state index in [9.17, 15) is 0 Å². The molecule has 50 heavy (non-hydrogen) atoms. The van der Waals surface area contributed by atoms with Gasteiger partial charge in [-0.1, -0.05) is 121 Å². The molecular weight excluding hydrogens is 627 g/mol. The number of benzene rings is 8. The summed E-state index contributed by atoms with van der Waals surface area (Å²) < 4.78 is 3.64. The van der Waals surface area contributed by atoms with Gasteiger partial charge >= 0.3 is 0 Å². The number of nitrogens with zero attached hydrogens (tertiary/aromatic N) is 3. The molecule has 0 atom stereocenters. The maximum Gasteiger partial charge on any atom is 0.143 e. The number of para-hydroxylation sites is 1. The minimum absolute atomic E-state index is 0.896. The van der Waals surface area contributed by atoms with Crippen molar-refractivity contribution in [3.8, 4) is 28.2 Å². The van der Waals surface area contributed by atoms with Crippen LogP contribution in [0.2, 0.25) is 0 Å². The Morgan fingerprint density at radius 2 is 1.08 bits per heavy atom. The summed E-state index contributed by atoms with van der Waals surface area (Å²) in [5.74, 6) is 0. The zero-order valence-electron chi connectivity index (χ0n) is 26.8. The molecule has 0 unspecified atom stereocenters. The number of aromatic nitrogens is 3. The maximum absolute atomic E-state index is 5.51. The Kier molecular flexibility index (Phi) is 5.83. The van der Waals surface area contributed by atoms with E-state index in [1.54, 1.807) is 11.3 Å². The Morgan fingerprint density at radius 3 is 1.92 bits per heavy atom. The van der Waals surface area contributed by atoms with E-state index in [-0.39, 0.29) is 0 Å². The van der Waals surface area contributed by atoms with E-state index >= 15 is 0 Å². The monoisotopic (exact) mass is 653 g/mol. The number of thiophene rings is 1. The van der Waals surface area contributed by atoms with Crippen LogP contribution in [-0.2, 0) is 0 Å². The highest BCUT2D eigenvalue weighted by Crippen LogP contribution is 2.43. The highest BCUT2D eigenvalue weighted by Gasteiger charge is 2.21. The predicted molar refractivity (Wildman–Crippen MR) is 213 cm³/mol. The molecule has 0 aliphatic rings. The smallest absolute Gasteiger partial charge is 0.143 e. The van der Waals surface area contributed by atoms with Gasteiger partial charge in [-0.25, -0.2) is 9.97 Å². The molecule has 3 nitrogen and oxygen atoms in total. The molecule has 8 aromatic carbocycles. The van der Waals surface area contributed by atoms with Gasteiger partial charge < -0.3 is 4.57 Å². The average Bonchev–Trinajstić information content (AvgIpc) is 3.70. The van der Waals surface area contributed by atoms with Gasteiger partial charge in [0, 0.05) is 37.4 Å². The second-order valence-corrected chi connectivity index (χ2v) is 14.0. The van der Waals surface area contributed by atoms with Crippen molar-refractivity contribution in [2.45, 2.75) is 0 Å². The van der Waals surface area contributed by atoms with Gasteiger partial charge in [0.2, 0.25) is 0 Å². The molecule has 0 amide bonds. The Bertz CT molecular complexity index is 3170. The lowest BCUT2D eigenvalue weighted by Gasteiger charge is -2.16. The largest absolute Gasteiger partial charge is 0.309 e. The topological polar surface area (TPSA) is 30.7 Å². The van der Waals surface area contributed by atoms with Crippen molar-refractivity contribution in [3.05, 3.63) is 164 Å². The van der Waals surface area contributed by atoms with E-state index in [0.29, 0.717) is 0 Å². The van der Waals surface area contributed by atoms with E-state index in [0.717, 1.165) is 49.3 Å². The van der Waals surface area contributed by atoms with Crippen LogP contribution in [0.4, 0.5) is 0 Å². The molecule has 0 aliphatic carbocycles. The number of fused-ring (bicyclic) bond motifs is 9. The van der Waals surface area contributed by atoms with Gasteiger partial charge in [0.25, 0.3) is 0 Å². The van der Waals surface area contributed by atoms with E-state index in [4.69, 9.17) is 9.97 Å². The highest BCUT2D eigenvalue weighted by atomic mass is 32.1. The minimum Gasteiger partial charge on any atom is -0.309 e. The first-order valence-corrected chi connectivity index (χ1v) is 17.7. The fourth-order valence-corrected chi connectivity index (χ4v) is 8.87. The SMILES string of the molecule is c1ccc2cc(-c3nc4sc5ccccc5c4nc3-c3ccc(-n4c5ccccc5c5cc6ccccc6cc54)c4ccccc34)ccc2c1. The average molecular weight is 654 g/mol. The molecular formula is C46H27N3S. The Balaban J connectivity index is 1.22. The van der Waals surface area contributed by atoms with Crippen molar-refractivity contribution in [1.82, 2.24) is 14.5 Å². The lowest BCUT2D eigenvalue weighted by molar-refractivity contribution is 1.20. The Morgan fingerprint density at radius 1 is 0.420 bits per heavy atom. The fraction of sp³-hybridized carbons (Fsp3) is 0. The van der Waals surface area contributed by atoms with Crippen molar-refractivity contribution in [2.24, 2.45) is 0 Å². The van der Waals surface area contributed by atoms with E-state index in [2.05, 4.69) is 168 Å². The number of hydrogen-bond donors (Lipinski definition) is 0. The second kappa shape index (κ2) is 10.6. The van der Waals surface area contributed by atoms with Crippen LogP contribution in [0, 0.1) is 0 Å². The molecule has 11 aromatic rings. The molecule has 4 heteroatoms. The first-order valence-electron chi connectivity index (χ1n) is 16.9. The molecule has 0 saturated carbocycles. The van der Waals surface area contributed by atoms with Crippen LogP contribution in [0.5, 0.6) is 0 Å². The first-order chi connectivity index (χ1) is 24.8. The van der Waals surface area contributed by atoms with E-state index in [1.165, 1.54) is 53.4 Å². The van der Waals surface area contributed by atoms with Gasteiger partial charge in [-0.15, -0.1) is 11.3 Å². The molecule has 3 heterocycles. The van der Waals surface area contributed by atoms with Gasteiger partial charge in [-0.2, -0.15) is 0 Å². The molecule has 232 valence electrons. The van der Waals surface area contributed by atoms with Crippen molar-refractivity contribution < 1.29 is 0 Å². The Hall–Kier alpha value is -6.36. The molecule has 0 saturated heterocycles. The molecule has 11 rings (SSSR count). The van der Waals surface area contributed by atoms with Crippen LogP contribution in [0.1, 0.15) is 0 Å². The van der Waals surface area contributed by atoms with Crippen molar-refractivity contribution in [2.75, 3.05) is 0 Å². The normalized spacial score (nSPS) is 12.0. The van der Waals surface area contributed by atoms with Crippen molar-refractivity contribution in [3.63, 3.8) is 0 Å². The van der Waals surface area contributed by atoms with Crippen molar-refractivity contribution >= 4 is 85.9 Å². The van der Waals surface area contributed by atoms with Crippen LogP contribution >= 0.6 is 11.3 Å². The summed E-state index contributed by atoms with van der Waals surface area (Å²) in [6.45, 7) is 0. The molecule has 0 aliphatic heterocycles. The zero-order valence-corrected chi connectivity index (χ0v) is 27.7. The summed E-state index contributed by atoms with van der Waals surface area (Å²) in [4.78, 5) is 11.9. The zero-order chi connectivity index (χ0) is 32.8. The summed E-state index contributed by atoms with van der Waals surface area (Å²) in [6, 6.07) is 59.0. The van der Waals surface area contributed by atoms with Gasteiger partial charge in [-0.3, -0.25) is 0 Å².